The number of hydrogen-bond acceptors (Lipinski definition) is 7. The maximum Gasteiger partial charge on any atom is 0.228 e. The van der Waals surface area contributed by atoms with Crippen molar-refractivity contribution in [2.45, 2.75) is 19.3 Å². The van der Waals surface area contributed by atoms with Gasteiger partial charge in [-0.05, 0) is 18.2 Å². The number of ether oxygens (including phenoxy) is 2. The summed E-state index contributed by atoms with van der Waals surface area (Å²) in [4.78, 5) is 18.6. The standard InChI is InChI=1S/C19H20N4O3S/c1-25-16-6-5-14(11-17(16)26-2)19-22-15(13-27-19)12-18(24)23(9-3-7-20)10-4-8-21/h5-6,11,13H,3-4,9-10,12H2,1-2H3. The van der Waals surface area contributed by atoms with Gasteiger partial charge in [-0.3, -0.25) is 4.79 Å². The minimum Gasteiger partial charge on any atom is -0.493 e. The molecule has 2 rings (SSSR count). The number of nitrogens with zero attached hydrogens (tertiary/aromatic N) is 4. The summed E-state index contributed by atoms with van der Waals surface area (Å²) in [5, 5.41) is 20.1. The Bertz CT molecular complexity index is 849. The number of amides is 1. The molecule has 7 nitrogen and oxygen atoms in total. The van der Waals surface area contributed by atoms with Crippen LogP contribution in [-0.2, 0) is 11.2 Å². The summed E-state index contributed by atoms with van der Waals surface area (Å²) in [6, 6.07) is 9.59. The Morgan fingerprint density at radius 3 is 2.41 bits per heavy atom. The lowest BCUT2D eigenvalue weighted by Crippen LogP contribution is -2.34. The van der Waals surface area contributed by atoms with E-state index in [9.17, 15) is 4.79 Å². The topological polar surface area (TPSA) is 99.2 Å². The molecule has 0 saturated heterocycles. The smallest absolute Gasteiger partial charge is 0.228 e. The summed E-state index contributed by atoms with van der Waals surface area (Å²) in [5.41, 5.74) is 1.54. The van der Waals surface area contributed by atoms with Gasteiger partial charge in [-0.15, -0.1) is 11.3 Å². The van der Waals surface area contributed by atoms with Gasteiger partial charge in [-0.25, -0.2) is 4.98 Å². The molecule has 0 aliphatic carbocycles. The number of rotatable bonds is 9. The van der Waals surface area contributed by atoms with Crippen LogP contribution in [0.15, 0.2) is 23.6 Å². The first-order valence-corrected chi connectivity index (χ1v) is 9.19. The van der Waals surface area contributed by atoms with E-state index in [1.54, 1.807) is 19.1 Å². The Hall–Kier alpha value is -3.10. The summed E-state index contributed by atoms with van der Waals surface area (Å²) < 4.78 is 10.6. The number of carbonyl (C=O) groups is 1. The summed E-state index contributed by atoms with van der Waals surface area (Å²) >= 11 is 1.44. The zero-order valence-electron chi connectivity index (χ0n) is 15.3. The van der Waals surface area contributed by atoms with Crippen molar-refractivity contribution in [1.29, 1.82) is 10.5 Å². The van der Waals surface area contributed by atoms with E-state index >= 15 is 0 Å². The van der Waals surface area contributed by atoms with Crippen LogP contribution in [0.4, 0.5) is 0 Å². The average molecular weight is 384 g/mol. The molecule has 0 aliphatic heterocycles. The lowest BCUT2D eigenvalue weighted by Gasteiger charge is -2.19. The van der Waals surface area contributed by atoms with Gasteiger partial charge in [0.15, 0.2) is 11.5 Å². The molecule has 1 aromatic heterocycles. The molecule has 1 heterocycles. The minimum atomic E-state index is -0.135. The van der Waals surface area contributed by atoms with Crippen molar-refractivity contribution in [3.8, 4) is 34.2 Å². The van der Waals surface area contributed by atoms with E-state index < -0.39 is 0 Å². The Kier molecular flexibility index (Phi) is 7.60. The fourth-order valence-electron chi connectivity index (χ4n) is 2.49. The number of thiazole rings is 1. The number of benzene rings is 1. The highest BCUT2D eigenvalue weighted by atomic mass is 32.1. The molecular weight excluding hydrogens is 364 g/mol. The second-order valence-corrected chi connectivity index (χ2v) is 6.45. The number of nitriles is 2. The molecule has 0 atom stereocenters. The Labute approximate surface area is 162 Å². The average Bonchev–Trinajstić information content (AvgIpc) is 3.15. The second-order valence-electron chi connectivity index (χ2n) is 5.59. The van der Waals surface area contributed by atoms with E-state index in [2.05, 4.69) is 4.98 Å². The van der Waals surface area contributed by atoms with Crippen LogP contribution in [0.5, 0.6) is 11.5 Å². The third-order valence-electron chi connectivity index (χ3n) is 3.85. The Balaban J connectivity index is 2.11. The Morgan fingerprint density at radius 2 is 1.81 bits per heavy atom. The van der Waals surface area contributed by atoms with Crippen LogP contribution in [0.1, 0.15) is 18.5 Å². The van der Waals surface area contributed by atoms with Gasteiger partial charge in [0, 0.05) is 24.0 Å². The van der Waals surface area contributed by atoms with Crippen LogP contribution < -0.4 is 9.47 Å². The van der Waals surface area contributed by atoms with Gasteiger partial charge in [-0.2, -0.15) is 10.5 Å². The van der Waals surface area contributed by atoms with E-state index in [-0.39, 0.29) is 25.2 Å². The molecular formula is C19H20N4O3S. The number of methoxy groups -OCH3 is 2. The molecule has 140 valence electrons. The molecule has 0 spiro atoms. The zero-order chi connectivity index (χ0) is 19.6. The minimum absolute atomic E-state index is 0.135. The van der Waals surface area contributed by atoms with Gasteiger partial charge in [0.1, 0.15) is 5.01 Å². The third-order valence-corrected chi connectivity index (χ3v) is 4.79. The first-order chi connectivity index (χ1) is 13.1. The van der Waals surface area contributed by atoms with Crippen LogP contribution in [-0.4, -0.2) is 43.1 Å². The molecule has 0 unspecified atom stereocenters. The molecule has 0 N–H and O–H groups in total. The van der Waals surface area contributed by atoms with E-state index in [4.69, 9.17) is 20.0 Å². The maximum absolute atomic E-state index is 12.5. The third kappa shape index (κ3) is 5.44. The van der Waals surface area contributed by atoms with Crippen molar-refractivity contribution < 1.29 is 14.3 Å². The van der Waals surface area contributed by atoms with Gasteiger partial charge >= 0.3 is 0 Å². The van der Waals surface area contributed by atoms with Crippen molar-refractivity contribution in [3.63, 3.8) is 0 Å². The van der Waals surface area contributed by atoms with Gasteiger partial charge in [0.05, 0.1) is 51.3 Å². The fraction of sp³-hybridized carbons (Fsp3) is 0.368. The number of carbonyl (C=O) groups excluding carboxylic acids is 1. The Morgan fingerprint density at radius 1 is 1.15 bits per heavy atom. The lowest BCUT2D eigenvalue weighted by atomic mass is 10.2. The summed E-state index contributed by atoms with van der Waals surface area (Å²) in [6.45, 7) is 0.646. The SMILES string of the molecule is COc1ccc(-c2nc(CC(=O)N(CCC#N)CCC#N)cs2)cc1OC. The molecule has 8 heteroatoms. The fourth-order valence-corrected chi connectivity index (χ4v) is 3.30. The lowest BCUT2D eigenvalue weighted by molar-refractivity contribution is -0.130. The van der Waals surface area contributed by atoms with Crippen molar-refractivity contribution in [2.75, 3.05) is 27.3 Å². The van der Waals surface area contributed by atoms with E-state index in [1.165, 1.54) is 11.3 Å². The molecule has 0 fully saturated rings. The van der Waals surface area contributed by atoms with E-state index in [0.717, 1.165) is 10.6 Å². The predicted octanol–water partition coefficient (Wildman–Crippen LogP) is 3.03. The van der Waals surface area contributed by atoms with Crippen LogP contribution in [0.3, 0.4) is 0 Å². The summed E-state index contributed by atoms with van der Waals surface area (Å²) in [7, 11) is 3.15. The molecule has 2 aromatic rings. The van der Waals surface area contributed by atoms with Crippen molar-refractivity contribution in [1.82, 2.24) is 9.88 Å². The monoisotopic (exact) mass is 384 g/mol. The van der Waals surface area contributed by atoms with Crippen LogP contribution in [0.25, 0.3) is 10.6 Å². The molecule has 0 radical (unpaired) electrons. The van der Waals surface area contributed by atoms with Gasteiger partial charge < -0.3 is 14.4 Å². The van der Waals surface area contributed by atoms with Gasteiger partial charge in [0.2, 0.25) is 5.91 Å². The molecule has 1 amide bonds. The van der Waals surface area contributed by atoms with Crippen molar-refractivity contribution in [3.05, 3.63) is 29.3 Å². The van der Waals surface area contributed by atoms with Gasteiger partial charge in [0.25, 0.3) is 0 Å². The normalized spacial score (nSPS) is 9.93. The quantitative estimate of drug-likeness (QED) is 0.659. The van der Waals surface area contributed by atoms with E-state index in [0.29, 0.717) is 30.3 Å². The second kappa shape index (κ2) is 10.1. The van der Waals surface area contributed by atoms with Crippen LogP contribution in [0.2, 0.25) is 0 Å². The number of aromatic nitrogens is 1. The highest BCUT2D eigenvalue weighted by molar-refractivity contribution is 7.13. The first kappa shape index (κ1) is 20.2. The molecule has 0 aliphatic rings. The largest absolute Gasteiger partial charge is 0.493 e. The van der Waals surface area contributed by atoms with E-state index in [1.807, 2.05) is 35.7 Å². The summed E-state index contributed by atoms with van der Waals surface area (Å²) in [6.07, 6.45) is 0.622. The molecule has 27 heavy (non-hydrogen) atoms. The maximum atomic E-state index is 12.5. The highest BCUT2D eigenvalue weighted by Gasteiger charge is 2.16. The predicted molar refractivity (Wildman–Crippen MR) is 101 cm³/mol. The molecule has 1 aromatic carbocycles. The van der Waals surface area contributed by atoms with Gasteiger partial charge in [-0.1, -0.05) is 0 Å². The zero-order valence-corrected chi connectivity index (χ0v) is 16.1. The highest BCUT2D eigenvalue weighted by Crippen LogP contribution is 2.33. The van der Waals surface area contributed by atoms with Crippen molar-refractivity contribution >= 4 is 17.2 Å². The van der Waals surface area contributed by atoms with Crippen LogP contribution >= 0.6 is 11.3 Å². The first-order valence-electron chi connectivity index (χ1n) is 8.31. The molecule has 0 saturated carbocycles. The summed E-state index contributed by atoms with van der Waals surface area (Å²) in [5.74, 6) is 1.12. The number of hydrogen-bond donors (Lipinski definition) is 0. The molecule has 0 bridgehead atoms. The van der Waals surface area contributed by atoms with Crippen molar-refractivity contribution in [2.24, 2.45) is 0 Å². The van der Waals surface area contributed by atoms with Crippen LogP contribution in [0, 0.1) is 22.7 Å².